The van der Waals surface area contributed by atoms with Crippen LogP contribution in [0.25, 0.3) is 0 Å². The fourth-order valence-corrected chi connectivity index (χ4v) is 3.00. The van der Waals surface area contributed by atoms with Gasteiger partial charge in [-0.25, -0.2) is 14.0 Å². The molecule has 2 atom stereocenters. The van der Waals surface area contributed by atoms with Gasteiger partial charge in [0.1, 0.15) is 11.6 Å². The third-order valence-corrected chi connectivity index (χ3v) is 4.04. The number of carbonyl (C=O) groups is 2. The summed E-state index contributed by atoms with van der Waals surface area (Å²) < 4.78 is 24.0. The van der Waals surface area contributed by atoms with E-state index >= 15 is 0 Å². The van der Waals surface area contributed by atoms with Crippen molar-refractivity contribution >= 4 is 12.1 Å². The van der Waals surface area contributed by atoms with Crippen molar-refractivity contribution in [2.24, 2.45) is 5.92 Å². The first-order chi connectivity index (χ1) is 11.6. The van der Waals surface area contributed by atoms with E-state index in [4.69, 9.17) is 9.47 Å². The van der Waals surface area contributed by atoms with E-state index < -0.39 is 29.5 Å². The van der Waals surface area contributed by atoms with Crippen LogP contribution in [0.15, 0.2) is 18.2 Å². The van der Waals surface area contributed by atoms with E-state index in [0.29, 0.717) is 12.8 Å². The molecule has 0 aromatic heterocycles. The highest BCUT2D eigenvalue weighted by atomic mass is 19.1. The molecule has 2 rings (SSSR count). The van der Waals surface area contributed by atoms with Crippen LogP contribution in [0.1, 0.15) is 32.8 Å². The summed E-state index contributed by atoms with van der Waals surface area (Å²) in [4.78, 5) is 25.0. The van der Waals surface area contributed by atoms with E-state index in [0.717, 1.165) is 5.56 Å². The van der Waals surface area contributed by atoms with Crippen LogP contribution in [-0.2, 0) is 16.0 Å². The predicted octanol–water partition coefficient (Wildman–Crippen LogP) is 3.09. The molecule has 1 heterocycles. The van der Waals surface area contributed by atoms with Crippen LogP contribution in [0.4, 0.5) is 9.18 Å². The Labute approximate surface area is 146 Å². The number of carboxylic acid groups (broad SMARTS) is 1. The van der Waals surface area contributed by atoms with Crippen molar-refractivity contribution < 1.29 is 28.6 Å². The number of halogens is 1. The summed E-state index contributed by atoms with van der Waals surface area (Å²) >= 11 is 0. The average molecular weight is 353 g/mol. The molecule has 1 saturated heterocycles. The Balaban J connectivity index is 2.10. The monoisotopic (exact) mass is 353 g/mol. The van der Waals surface area contributed by atoms with Gasteiger partial charge in [-0.3, -0.25) is 4.90 Å². The number of aliphatic carboxylic acids is 1. The topological polar surface area (TPSA) is 76.1 Å². The minimum absolute atomic E-state index is 0.0820. The summed E-state index contributed by atoms with van der Waals surface area (Å²) in [6.07, 6.45) is 0.148. The minimum atomic E-state index is -1.06. The molecular formula is C18H24FNO5. The van der Waals surface area contributed by atoms with Crippen LogP contribution < -0.4 is 4.74 Å². The molecule has 0 bridgehead atoms. The van der Waals surface area contributed by atoms with Gasteiger partial charge in [0.2, 0.25) is 0 Å². The molecule has 1 fully saturated rings. The maximum atomic E-state index is 13.8. The molecule has 7 heteroatoms. The molecule has 1 aromatic carbocycles. The average Bonchev–Trinajstić information content (AvgIpc) is 2.90. The zero-order valence-electron chi connectivity index (χ0n) is 14.9. The molecule has 0 saturated carbocycles. The molecule has 138 valence electrons. The van der Waals surface area contributed by atoms with E-state index in [9.17, 15) is 19.1 Å². The van der Waals surface area contributed by atoms with Gasteiger partial charge in [0, 0.05) is 6.54 Å². The quantitative estimate of drug-likeness (QED) is 0.900. The van der Waals surface area contributed by atoms with Gasteiger partial charge in [0.15, 0.2) is 11.6 Å². The minimum Gasteiger partial charge on any atom is -0.494 e. The van der Waals surface area contributed by atoms with Gasteiger partial charge >= 0.3 is 12.1 Å². The number of rotatable bonds is 4. The zero-order valence-corrected chi connectivity index (χ0v) is 14.9. The van der Waals surface area contributed by atoms with Gasteiger partial charge in [-0.05, 0) is 57.2 Å². The molecule has 1 aromatic rings. The van der Waals surface area contributed by atoms with Gasteiger partial charge in [0.05, 0.1) is 7.11 Å². The second-order valence-electron chi connectivity index (χ2n) is 7.26. The van der Waals surface area contributed by atoms with Crippen molar-refractivity contribution in [1.29, 1.82) is 0 Å². The summed E-state index contributed by atoms with van der Waals surface area (Å²) in [7, 11) is 1.39. The van der Waals surface area contributed by atoms with Crippen LogP contribution in [0.5, 0.6) is 5.75 Å². The number of carbonyl (C=O) groups excluding carboxylic acids is 1. The summed E-state index contributed by atoms with van der Waals surface area (Å²) in [5, 5.41) is 9.40. The Morgan fingerprint density at radius 3 is 2.56 bits per heavy atom. The van der Waals surface area contributed by atoms with E-state index in [1.807, 2.05) is 0 Å². The molecule has 0 aliphatic carbocycles. The van der Waals surface area contributed by atoms with E-state index in [1.165, 1.54) is 18.1 Å². The number of methoxy groups -OCH3 is 1. The van der Waals surface area contributed by atoms with Gasteiger partial charge in [-0.15, -0.1) is 0 Å². The van der Waals surface area contributed by atoms with Gasteiger partial charge < -0.3 is 14.6 Å². The molecular weight excluding hydrogens is 329 g/mol. The molecule has 1 amide bonds. The van der Waals surface area contributed by atoms with E-state index in [2.05, 4.69) is 0 Å². The largest absolute Gasteiger partial charge is 0.494 e. The number of hydrogen-bond acceptors (Lipinski definition) is 4. The predicted molar refractivity (Wildman–Crippen MR) is 89.1 cm³/mol. The summed E-state index contributed by atoms with van der Waals surface area (Å²) in [5.74, 6) is -1.44. The van der Waals surface area contributed by atoms with Gasteiger partial charge in [-0.2, -0.15) is 0 Å². The van der Waals surface area contributed by atoms with Gasteiger partial charge in [0.25, 0.3) is 0 Å². The third kappa shape index (κ3) is 4.84. The van der Waals surface area contributed by atoms with Crippen molar-refractivity contribution in [3.63, 3.8) is 0 Å². The Morgan fingerprint density at radius 1 is 1.36 bits per heavy atom. The lowest BCUT2D eigenvalue weighted by Crippen LogP contribution is -2.43. The highest BCUT2D eigenvalue weighted by Gasteiger charge is 2.41. The van der Waals surface area contributed by atoms with Crippen molar-refractivity contribution in [2.45, 2.75) is 45.3 Å². The van der Waals surface area contributed by atoms with Crippen LogP contribution in [-0.4, -0.2) is 47.4 Å². The molecule has 1 aliphatic rings. The molecule has 0 radical (unpaired) electrons. The molecule has 1 unspecified atom stereocenters. The first-order valence-electron chi connectivity index (χ1n) is 8.15. The second kappa shape index (κ2) is 7.29. The Morgan fingerprint density at radius 2 is 2.04 bits per heavy atom. The maximum Gasteiger partial charge on any atom is 0.411 e. The number of amides is 1. The normalized spacial score (nSPS) is 20.4. The van der Waals surface area contributed by atoms with Gasteiger partial charge in [-0.1, -0.05) is 6.07 Å². The van der Waals surface area contributed by atoms with Crippen molar-refractivity contribution in [2.75, 3.05) is 13.7 Å². The Bertz CT molecular complexity index is 655. The number of hydrogen-bond donors (Lipinski definition) is 1. The molecule has 25 heavy (non-hydrogen) atoms. The number of likely N-dealkylation sites (tertiary alicyclic amines) is 1. The first kappa shape index (κ1) is 19.0. The smallest absolute Gasteiger partial charge is 0.411 e. The lowest BCUT2D eigenvalue weighted by molar-refractivity contribution is -0.142. The molecule has 6 nitrogen and oxygen atoms in total. The summed E-state index contributed by atoms with van der Waals surface area (Å²) in [6, 6.07) is 3.74. The maximum absolute atomic E-state index is 13.8. The van der Waals surface area contributed by atoms with E-state index in [-0.39, 0.29) is 18.2 Å². The second-order valence-corrected chi connectivity index (χ2v) is 7.26. The molecule has 0 spiro atoms. The van der Waals surface area contributed by atoms with Crippen LogP contribution in [0.2, 0.25) is 0 Å². The van der Waals surface area contributed by atoms with Crippen molar-refractivity contribution in [1.82, 2.24) is 4.90 Å². The van der Waals surface area contributed by atoms with E-state index in [1.54, 1.807) is 32.9 Å². The van der Waals surface area contributed by atoms with Crippen LogP contribution in [0, 0.1) is 11.7 Å². The molecule has 1 N–H and O–H groups in total. The van der Waals surface area contributed by atoms with Crippen molar-refractivity contribution in [3.8, 4) is 5.75 Å². The zero-order chi connectivity index (χ0) is 18.8. The van der Waals surface area contributed by atoms with Crippen LogP contribution in [0.3, 0.4) is 0 Å². The fourth-order valence-electron chi connectivity index (χ4n) is 3.00. The fraction of sp³-hybridized carbons (Fsp3) is 0.556. The highest BCUT2D eigenvalue weighted by molar-refractivity contribution is 5.81. The number of nitrogens with zero attached hydrogens (tertiary/aromatic N) is 1. The Kier molecular flexibility index (Phi) is 5.55. The Hall–Kier alpha value is -2.31. The molecule has 1 aliphatic heterocycles. The first-order valence-corrected chi connectivity index (χ1v) is 8.15. The number of ether oxygens (including phenoxy) is 2. The summed E-state index contributed by atoms with van der Waals surface area (Å²) in [5.41, 5.74) is 0.0376. The standard InChI is InChI=1S/C18H24FNO5/c1-18(2,3)25-17(23)20-10-12(9-14(20)16(21)22)7-11-5-6-15(24-4)13(19)8-11/h5-6,8,12,14H,7,9-10H2,1-4H3,(H,21,22)/t12?,14-/m0/s1. The van der Waals surface area contributed by atoms with Crippen molar-refractivity contribution in [3.05, 3.63) is 29.6 Å². The third-order valence-electron chi connectivity index (χ3n) is 4.04. The lowest BCUT2D eigenvalue weighted by Gasteiger charge is -2.26. The highest BCUT2D eigenvalue weighted by Crippen LogP contribution is 2.29. The number of benzene rings is 1. The summed E-state index contributed by atoms with van der Waals surface area (Å²) in [6.45, 7) is 5.45. The number of carboxylic acids is 1. The lowest BCUT2D eigenvalue weighted by atomic mass is 9.96. The van der Waals surface area contributed by atoms with Crippen LogP contribution >= 0.6 is 0 Å². The SMILES string of the molecule is COc1ccc(CC2C[C@@H](C(=O)O)N(C(=O)OC(C)(C)C)C2)cc1F.